The van der Waals surface area contributed by atoms with Crippen molar-refractivity contribution >= 4 is 0 Å². The molecule has 112 valence electrons. The summed E-state index contributed by atoms with van der Waals surface area (Å²) in [6.07, 6.45) is 3.19. The molecule has 3 nitrogen and oxygen atoms in total. The second-order valence-electron chi connectivity index (χ2n) is 5.95. The number of hydrogen-bond acceptors (Lipinski definition) is 3. The van der Waals surface area contributed by atoms with E-state index in [0.717, 1.165) is 0 Å². The van der Waals surface area contributed by atoms with Crippen molar-refractivity contribution in [2.75, 3.05) is 13.7 Å². The van der Waals surface area contributed by atoms with E-state index >= 15 is 0 Å². The highest BCUT2D eigenvalue weighted by atomic mass is 16.5. The molecule has 1 aliphatic heterocycles. The van der Waals surface area contributed by atoms with Crippen LogP contribution in [0.4, 0.5) is 0 Å². The van der Waals surface area contributed by atoms with E-state index in [4.69, 9.17) is 4.74 Å². The molecule has 0 bridgehead atoms. The Morgan fingerprint density at radius 2 is 1.80 bits per heavy atom. The van der Waals surface area contributed by atoms with Crippen LogP contribution in [-0.4, -0.2) is 41.9 Å². The number of benzene rings is 1. The van der Waals surface area contributed by atoms with Gasteiger partial charge in [-0.05, 0) is 32.3 Å². The fourth-order valence-corrected chi connectivity index (χ4v) is 3.49. The summed E-state index contributed by atoms with van der Waals surface area (Å²) in [5.41, 5.74) is 1.18. The number of nitrogens with zero attached hydrogens (tertiary/aromatic N) is 1. The monoisotopic (exact) mass is 277 g/mol. The Hall–Kier alpha value is -0.900. The number of hydrogen-bond donors (Lipinski definition) is 1. The third-order valence-electron chi connectivity index (χ3n) is 4.43. The SMILES string of the molecule is COC[C@H](O)[C@@H](c1ccccc1)N1[C@H](C)CCC[C@@H]1C. The van der Waals surface area contributed by atoms with E-state index in [1.165, 1.54) is 24.8 Å². The summed E-state index contributed by atoms with van der Waals surface area (Å²) in [6, 6.07) is 11.3. The average Bonchev–Trinajstić information content (AvgIpc) is 2.44. The van der Waals surface area contributed by atoms with E-state index in [2.05, 4.69) is 30.9 Å². The zero-order valence-corrected chi connectivity index (χ0v) is 12.8. The van der Waals surface area contributed by atoms with Gasteiger partial charge in [-0.3, -0.25) is 4.90 Å². The van der Waals surface area contributed by atoms with Gasteiger partial charge in [0.2, 0.25) is 0 Å². The molecule has 0 spiro atoms. The van der Waals surface area contributed by atoms with E-state index in [1.54, 1.807) is 7.11 Å². The lowest BCUT2D eigenvalue weighted by Crippen LogP contribution is -2.50. The first-order valence-electron chi connectivity index (χ1n) is 7.64. The number of aliphatic hydroxyl groups excluding tert-OH is 1. The molecule has 0 aliphatic carbocycles. The minimum absolute atomic E-state index is 0.0152. The molecule has 1 fully saturated rings. The normalized spacial score (nSPS) is 27.2. The van der Waals surface area contributed by atoms with Crippen molar-refractivity contribution < 1.29 is 9.84 Å². The Kier molecular flexibility index (Phi) is 5.58. The number of likely N-dealkylation sites (tertiary alicyclic amines) is 1. The van der Waals surface area contributed by atoms with Crippen LogP contribution in [0.25, 0.3) is 0 Å². The van der Waals surface area contributed by atoms with Crippen LogP contribution in [0.2, 0.25) is 0 Å². The summed E-state index contributed by atoms with van der Waals surface area (Å²) in [7, 11) is 1.65. The zero-order chi connectivity index (χ0) is 14.5. The molecule has 0 aromatic heterocycles. The van der Waals surface area contributed by atoms with Crippen LogP contribution in [0.15, 0.2) is 30.3 Å². The first-order valence-corrected chi connectivity index (χ1v) is 7.64. The van der Waals surface area contributed by atoms with E-state index < -0.39 is 6.10 Å². The van der Waals surface area contributed by atoms with Crippen molar-refractivity contribution in [3.8, 4) is 0 Å². The lowest BCUT2D eigenvalue weighted by atomic mass is 9.90. The minimum Gasteiger partial charge on any atom is -0.389 e. The Bertz CT molecular complexity index is 385. The maximum Gasteiger partial charge on any atom is 0.0969 e. The quantitative estimate of drug-likeness (QED) is 0.898. The van der Waals surface area contributed by atoms with E-state index in [-0.39, 0.29) is 6.04 Å². The second kappa shape index (κ2) is 7.21. The predicted octanol–water partition coefficient (Wildman–Crippen LogP) is 3.00. The number of piperidine rings is 1. The van der Waals surface area contributed by atoms with Crippen molar-refractivity contribution in [2.24, 2.45) is 0 Å². The maximum atomic E-state index is 10.6. The van der Waals surface area contributed by atoms with Gasteiger partial charge >= 0.3 is 0 Å². The molecular weight excluding hydrogens is 250 g/mol. The molecular formula is C17H27NO2. The topological polar surface area (TPSA) is 32.7 Å². The van der Waals surface area contributed by atoms with Crippen LogP contribution in [0.3, 0.4) is 0 Å². The summed E-state index contributed by atoms with van der Waals surface area (Å²) < 4.78 is 5.19. The fraction of sp³-hybridized carbons (Fsp3) is 0.647. The zero-order valence-electron chi connectivity index (χ0n) is 12.8. The van der Waals surface area contributed by atoms with Gasteiger partial charge in [0.1, 0.15) is 0 Å². The smallest absolute Gasteiger partial charge is 0.0969 e. The Morgan fingerprint density at radius 3 is 2.35 bits per heavy atom. The van der Waals surface area contributed by atoms with E-state index in [0.29, 0.717) is 18.7 Å². The third kappa shape index (κ3) is 3.40. The van der Waals surface area contributed by atoms with Crippen LogP contribution in [-0.2, 0) is 4.74 Å². The minimum atomic E-state index is -0.495. The molecule has 4 atom stereocenters. The van der Waals surface area contributed by atoms with Gasteiger partial charge in [-0.2, -0.15) is 0 Å². The molecule has 1 heterocycles. The summed E-state index contributed by atoms with van der Waals surface area (Å²) in [4.78, 5) is 2.47. The number of aliphatic hydroxyl groups is 1. The number of methoxy groups -OCH3 is 1. The first kappa shape index (κ1) is 15.5. The van der Waals surface area contributed by atoms with Crippen molar-refractivity contribution in [3.63, 3.8) is 0 Å². The van der Waals surface area contributed by atoms with Gasteiger partial charge in [-0.25, -0.2) is 0 Å². The van der Waals surface area contributed by atoms with Crippen molar-refractivity contribution in [2.45, 2.75) is 57.3 Å². The van der Waals surface area contributed by atoms with Crippen LogP contribution in [0.5, 0.6) is 0 Å². The van der Waals surface area contributed by atoms with E-state index in [9.17, 15) is 5.11 Å². The van der Waals surface area contributed by atoms with Crippen molar-refractivity contribution in [1.29, 1.82) is 0 Å². The van der Waals surface area contributed by atoms with Gasteiger partial charge in [-0.15, -0.1) is 0 Å². The number of ether oxygens (including phenoxy) is 1. The summed E-state index contributed by atoms with van der Waals surface area (Å²) in [6.45, 7) is 4.91. The van der Waals surface area contributed by atoms with Gasteiger partial charge < -0.3 is 9.84 Å². The molecule has 1 aliphatic rings. The molecule has 1 N–H and O–H groups in total. The predicted molar refractivity (Wildman–Crippen MR) is 81.7 cm³/mol. The average molecular weight is 277 g/mol. The summed E-state index contributed by atoms with van der Waals surface area (Å²) in [5, 5.41) is 10.6. The van der Waals surface area contributed by atoms with Crippen molar-refractivity contribution in [1.82, 2.24) is 4.90 Å². The highest BCUT2D eigenvalue weighted by molar-refractivity contribution is 5.21. The van der Waals surface area contributed by atoms with Gasteiger partial charge in [0.15, 0.2) is 0 Å². The first-order chi connectivity index (χ1) is 9.65. The van der Waals surface area contributed by atoms with E-state index in [1.807, 2.05) is 18.2 Å². The lowest BCUT2D eigenvalue weighted by molar-refractivity contribution is -0.0453. The molecule has 0 amide bonds. The molecule has 1 saturated heterocycles. The summed E-state index contributed by atoms with van der Waals surface area (Å²) >= 11 is 0. The van der Waals surface area contributed by atoms with Crippen LogP contribution >= 0.6 is 0 Å². The molecule has 0 radical (unpaired) electrons. The van der Waals surface area contributed by atoms with Gasteiger partial charge in [0.25, 0.3) is 0 Å². The van der Waals surface area contributed by atoms with Crippen LogP contribution < -0.4 is 0 Å². The lowest BCUT2D eigenvalue weighted by Gasteiger charge is -2.46. The molecule has 3 heteroatoms. The highest BCUT2D eigenvalue weighted by Crippen LogP contribution is 2.34. The fourth-order valence-electron chi connectivity index (χ4n) is 3.49. The molecule has 2 rings (SSSR count). The molecule has 0 saturated carbocycles. The maximum absolute atomic E-state index is 10.6. The van der Waals surface area contributed by atoms with Crippen LogP contribution in [0.1, 0.15) is 44.7 Å². The highest BCUT2D eigenvalue weighted by Gasteiger charge is 2.35. The van der Waals surface area contributed by atoms with Crippen LogP contribution in [0, 0.1) is 0 Å². The Balaban J connectivity index is 2.30. The third-order valence-corrected chi connectivity index (χ3v) is 4.43. The molecule has 1 aromatic rings. The second-order valence-corrected chi connectivity index (χ2v) is 5.95. The van der Waals surface area contributed by atoms with Gasteiger partial charge in [0.05, 0.1) is 18.8 Å². The standard InChI is InChI=1S/C17H27NO2/c1-13-8-7-9-14(2)18(13)17(16(19)12-20-3)15-10-5-4-6-11-15/h4-6,10-11,13-14,16-17,19H,7-9,12H2,1-3H3/t13-,14+,16-,17+/m0/s1. The van der Waals surface area contributed by atoms with Gasteiger partial charge in [0, 0.05) is 19.2 Å². The molecule has 1 aromatic carbocycles. The number of rotatable bonds is 5. The Labute approximate surface area is 122 Å². The molecule has 0 unspecified atom stereocenters. The largest absolute Gasteiger partial charge is 0.389 e. The Morgan fingerprint density at radius 1 is 1.20 bits per heavy atom. The van der Waals surface area contributed by atoms with Gasteiger partial charge in [-0.1, -0.05) is 36.8 Å². The van der Waals surface area contributed by atoms with Crippen molar-refractivity contribution in [3.05, 3.63) is 35.9 Å². The molecule has 20 heavy (non-hydrogen) atoms. The summed E-state index contributed by atoms with van der Waals surface area (Å²) in [5.74, 6) is 0.